The van der Waals surface area contributed by atoms with Crippen LogP contribution in [-0.2, 0) is 0 Å². The fourth-order valence-corrected chi connectivity index (χ4v) is 1.91. The Bertz CT molecular complexity index is 220. The smallest absolute Gasteiger partial charge is 0.0191 e. The van der Waals surface area contributed by atoms with Crippen molar-refractivity contribution in [1.82, 2.24) is 0 Å². The van der Waals surface area contributed by atoms with Gasteiger partial charge in [0, 0.05) is 0 Å². The Morgan fingerprint density at radius 3 is 2.69 bits per heavy atom. The lowest BCUT2D eigenvalue weighted by atomic mass is 9.84. The van der Waals surface area contributed by atoms with E-state index in [1.54, 1.807) is 5.57 Å². The van der Waals surface area contributed by atoms with E-state index in [4.69, 9.17) is 0 Å². The van der Waals surface area contributed by atoms with Crippen molar-refractivity contribution >= 4 is 0 Å². The Labute approximate surface area is 82.7 Å². The van der Waals surface area contributed by atoms with Gasteiger partial charge in [-0.25, -0.2) is 0 Å². The van der Waals surface area contributed by atoms with Gasteiger partial charge in [0.05, 0.1) is 0 Å². The first-order valence-corrected chi connectivity index (χ1v) is 5.49. The fourth-order valence-electron chi connectivity index (χ4n) is 1.91. The Morgan fingerprint density at radius 2 is 2.15 bits per heavy atom. The quantitative estimate of drug-likeness (QED) is 0.603. The molecule has 0 fully saturated rings. The lowest BCUT2D eigenvalue weighted by Crippen LogP contribution is -2.07. The first-order chi connectivity index (χ1) is 6.13. The molecule has 1 aliphatic rings. The summed E-state index contributed by atoms with van der Waals surface area (Å²) in [5.74, 6) is 1.62. The Hall–Kier alpha value is -0.520. The van der Waals surface area contributed by atoms with Gasteiger partial charge in [0.25, 0.3) is 0 Å². The molecule has 0 aliphatic heterocycles. The van der Waals surface area contributed by atoms with Crippen molar-refractivity contribution in [3.63, 3.8) is 0 Å². The molecule has 0 heteroatoms. The van der Waals surface area contributed by atoms with Crippen LogP contribution in [0.2, 0.25) is 0 Å². The second-order valence-electron chi connectivity index (χ2n) is 4.58. The number of rotatable bonds is 3. The molecule has 0 aromatic rings. The number of hydrogen-bond acceptors (Lipinski definition) is 0. The molecule has 0 spiro atoms. The van der Waals surface area contributed by atoms with E-state index in [1.807, 2.05) is 0 Å². The summed E-state index contributed by atoms with van der Waals surface area (Å²) >= 11 is 0. The van der Waals surface area contributed by atoms with E-state index in [0.717, 1.165) is 11.8 Å². The normalized spacial score (nSPS) is 25.1. The van der Waals surface area contributed by atoms with Gasteiger partial charge >= 0.3 is 0 Å². The molecule has 0 aromatic heterocycles. The highest BCUT2D eigenvalue weighted by Gasteiger charge is 2.14. The summed E-state index contributed by atoms with van der Waals surface area (Å²) in [6, 6.07) is 0. The molecular formula is C13H22. The van der Waals surface area contributed by atoms with Crippen LogP contribution in [0.15, 0.2) is 23.3 Å². The lowest BCUT2D eigenvalue weighted by molar-refractivity contribution is 0.509. The highest BCUT2D eigenvalue weighted by molar-refractivity contribution is 5.25. The van der Waals surface area contributed by atoms with Gasteiger partial charge in [0.1, 0.15) is 0 Å². The molecule has 0 saturated heterocycles. The monoisotopic (exact) mass is 178 g/mol. The third kappa shape index (κ3) is 3.02. The zero-order valence-electron chi connectivity index (χ0n) is 9.43. The minimum absolute atomic E-state index is 0.777. The van der Waals surface area contributed by atoms with Gasteiger partial charge in [0.2, 0.25) is 0 Å². The van der Waals surface area contributed by atoms with Crippen LogP contribution >= 0.6 is 0 Å². The van der Waals surface area contributed by atoms with Gasteiger partial charge in [-0.05, 0) is 31.6 Å². The third-order valence-electron chi connectivity index (χ3n) is 3.12. The van der Waals surface area contributed by atoms with Gasteiger partial charge in [-0.2, -0.15) is 0 Å². The van der Waals surface area contributed by atoms with Crippen molar-refractivity contribution in [2.45, 2.75) is 47.0 Å². The highest BCUT2D eigenvalue weighted by atomic mass is 14.2. The first-order valence-electron chi connectivity index (χ1n) is 5.49. The molecule has 0 aromatic carbocycles. The molecule has 13 heavy (non-hydrogen) atoms. The number of allylic oxidation sites excluding steroid dienone is 4. The van der Waals surface area contributed by atoms with Crippen LogP contribution in [0.25, 0.3) is 0 Å². The summed E-state index contributed by atoms with van der Waals surface area (Å²) in [5, 5.41) is 0. The summed E-state index contributed by atoms with van der Waals surface area (Å²) < 4.78 is 0. The minimum Gasteiger partial charge on any atom is -0.0727 e. The summed E-state index contributed by atoms with van der Waals surface area (Å²) in [4.78, 5) is 0. The standard InChI is InChI=1S/C13H22/c1-5-10(2)9-13-7-6-11(3)8-12(13)4/h6-7,10,12H,5,8-9H2,1-4H3. The molecule has 0 amide bonds. The molecule has 0 nitrogen and oxygen atoms in total. The highest BCUT2D eigenvalue weighted by Crippen LogP contribution is 2.29. The Kier molecular flexibility index (Phi) is 3.77. The van der Waals surface area contributed by atoms with Gasteiger partial charge in [0.15, 0.2) is 0 Å². The molecule has 1 rings (SSSR count). The Balaban J connectivity index is 2.58. The topological polar surface area (TPSA) is 0 Å². The maximum atomic E-state index is 2.35. The minimum atomic E-state index is 0.777. The first kappa shape index (κ1) is 10.6. The number of hydrogen-bond donors (Lipinski definition) is 0. The molecule has 2 atom stereocenters. The SMILES string of the molecule is CCC(C)CC1=CC=C(C)CC1C. The maximum Gasteiger partial charge on any atom is -0.0191 e. The molecule has 0 heterocycles. The summed E-state index contributed by atoms with van der Waals surface area (Å²) in [6.07, 6.45) is 8.49. The molecule has 1 aliphatic carbocycles. The lowest BCUT2D eigenvalue weighted by Gasteiger charge is -2.22. The van der Waals surface area contributed by atoms with Crippen molar-refractivity contribution in [3.8, 4) is 0 Å². The van der Waals surface area contributed by atoms with E-state index in [9.17, 15) is 0 Å². The average Bonchev–Trinajstić information content (AvgIpc) is 2.09. The largest absolute Gasteiger partial charge is 0.0727 e. The van der Waals surface area contributed by atoms with Crippen molar-refractivity contribution in [1.29, 1.82) is 0 Å². The van der Waals surface area contributed by atoms with Crippen LogP contribution in [0.1, 0.15) is 47.0 Å². The van der Waals surface area contributed by atoms with Crippen molar-refractivity contribution in [2.24, 2.45) is 11.8 Å². The zero-order valence-corrected chi connectivity index (χ0v) is 9.43. The molecule has 0 radical (unpaired) electrons. The van der Waals surface area contributed by atoms with E-state index in [1.165, 1.54) is 24.8 Å². The molecule has 0 bridgehead atoms. The van der Waals surface area contributed by atoms with Crippen LogP contribution in [0.4, 0.5) is 0 Å². The van der Waals surface area contributed by atoms with Gasteiger partial charge in [-0.1, -0.05) is 50.5 Å². The van der Waals surface area contributed by atoms with E-state index < -0.39 is 0 Å². The van der Waals surface area contributed by atoms with Crippen LogP contribution in [0.5, 0.6) is 0 Å². The van der Waals surface area contributed by atoms with E-state index in [-0.39, 0.29) is 0 Å². The Morgan fingerprint density at radius 1 is 1.46 bits per heavy atom. The third-order valence-corrected chi connectivity index (χ3v) is 3.12. The predicted octanol–water partition coefficient (Wildman–Crippen LogP) is 4.34. The second kappa shape index (κ2) is 4.64. The molecule has 2 unspecified atom stereocenters. The summed E-state index contributed by atoms with van der Waals surface area (Å²) in [5.41, 5.74) is 3.18. The van der Waals surface area contributed by atoms with E-state index in [2.05, 4.69) is 39.8 Å². The summed E-state index contributed by atoms with van der Waals surface area (Å²) in [6.45, 7) is 9.20. The predicted molar refractivity (Wildman–Crippen MR) is 59.7 cm³/mol. The van der Waals surface area contributed by atoms with Gasteiger partial charge in [-0.3, -0.25) is 0 Å². The average molecular weight is 178 g/mol. The maximum absolute atomic E-state index is 2.35. The van der Waals surface area contributed by atoms with E-state index in [0.29, 0.717) is 0 Å². The molecule has 0 saturated carbocycles. The van der Waals surface area contributed by atoms with Crippen LogP contribution in [-0.4, -0.2) is 0 Å². The second-order valence-corrected chi connectivity index (χ2v) is 4.58. The van der Waals surface area contributed by atoms with Crippen LogP contribution in [0, 0.1) is 11.8 Å². The molecular weight excluding hydrogens is 156 g/mol. The van der Waals surface area contributed by atoms with Gasteiger partial charge in [-0.15, -0.1) is 0 Å². The molecule has 0 N–H and O–H groups in total. The van der Waals surface area contributed by atoms with Crippen molar-refractivity contribution < 1.29 is 0 Å². The van der Waals surface area contributed by atoms with E-state index >= 15 is 0 Å². The van der Waals surface area contributed by atoms with Crippen LogP contribution < -0.4 is 0 Å². The molecule has 74 valence electrons. The summed E-state index contributed by atoms with van der Waals surface area (Å²) in [7, 11) is 0. The van der Waals surface area contributed by atoms with Gasteiger partial charge < -0.3 is 0 Å². The fraction of sp³-hybridized carbons (Fsp3) is 0.692. The van der Waals surface area contributed by atoms with Crippen LogP contribution in [0.3, 0.4) is 0 Å². The van der Waals surface area contributed by atoms with Crippen molar-refractivity contribution in [2.75, 3.05) is 0 Å². The zero-order chi connectivity index (χ0) is 9.84. The van der Waals surface area contributed by atoms with Crippen molar-refractivity contribution in [3.05, 3.63) is 23.3 Å².